The van der Waals surface area contributed by atoms with Crippen LogP contribution in [-0.4, -0.2) is 25.4 Å². The first-order valence-electron chi connectivity index (χ1n) is 8.23. The Morgan fingerprint density at radius 1 is 1.24 bits per heavy atom. The highest BCUT2D eigenvalue weighted by Crippen LogP contribution is 2.30. The van der Waals surface area contributed by atoms with Gasteiger partial charge in [0.2, 0.25) is 15.9 Å². The summed E-state index contributed by atoms with van der Waals surface area (Å²) in [6.45, 7) is 6.34. The summed E-state index contributed by atoms with van der Waals surface area (Å²) in [7, 11) is -1.64. The van der Waals surface area contributed by atoms with Gasteiger partial charge in [-0.1, -0.05) is 0 Å². The van der Waals surface area contributed by atoms with E-state index >= 15 is 0 Å². The van der Waals surface area contributed by atoms with Crippen molar-refractivity contribution in [3.05, 3.63) is 46.8 Å². The Morgan fingerprint density at radius 2 is 1.96 bits per heavy atom. The standard InChI is InChI=1S/C18H23N3O3S/c1-12-9-16(13(2)20(12)4)11-19-25(23,24)17-5-6-18-15(10-17)7-8-21(18)14(3)22/h5-6,9-10,19H,7-8,11H2,1-4H3. The minimum atomic E-state index is -3.60. The maximum atomic E-state index is 12.6. The number of sulfonamides is 1. The molecular formula is C18H23N3O3S. The van der Waals surface area contributed by atoms with E-state index in [0.717, 1.165) is 28.2 Å². The number of benzene rings is 1. The zero-order valence-corrected chi connectivity index (χ0v) is 15.8. The molecule has 1 aliphatic rings. The van der Waals surface area contributed by atoms with E-state index < -0.39 is 10.0 Å². The third-order valence-electron chi connectivity index (χ3n) is 4.97. The lowest BCUT2D eigenvalue weighted by Gasteiger charge is -2.15. The van der Waals surface area contributed by atoms with Crippen LogP contribution in [0.1, 0.15) is 29.4 Å². The maximum Gasteiger partial charge on any atom is 0.240 e. The van der Waals surface area contributed by atoms with Crippen molar-refractivity contribution in [1.29, 1.82) is 0 Å². The van der Waals surface area contributed by atoms with Crippen molar-refractivity contribution in [3.63, 3.8) is 0 Å². The van der Waals surface area contributed by atoms with Gasteiger partial charge in [0, 0.05) is 44.1 Å². The summed E-state index contributed by atoms with van der Waals surface area (Å²) in [5.41, 5.74) is 4.80. The Bertz CT molecular complexity index is 945. The first-order chi connectivity index (χ1) is 11.7. The predicted molar refractivity (Wildman–Crippen MR) is 97.1 cm³/mol. The van der Waals surface area contributed by atoms with Gasteiger partial charge < -0.3 is 9.47 Å². The number of nitrogens with zero attached hydrogens (tertiary/aromatic N) is 2. The fraction of sp³-hybridized carbons (Fsp3) is 0.389. The number of aromatic nitrogens is 1. The molecule has 0 fully saturated rings. The number of hydrogen-bond acceptors (Lipinski definition) is 3. The van der Waals surface area contributed by atoms with E-state index in [1.54, 1.807) is 23.1 Å². The van der Waals surface area contributed by atoms with Crippen molar-refractivity contribution in [2.24, 2.45) is 7.05 Å². The summed E-state index contributed by atoms with van der Waals surface area (Å²) in [4.78, 5) is 13.5. The number of carbonyl (C=O) groups excluding carboxylic acids is 1. The maximum absolute atomic E-state index is 12.6. The zero-order chi connectivity index (χ0) is 18.4. The number of anilines is 1. The Kier molecular flexibility index (Phi) is 4.47. The van der Waals surface area contributed by atoms with Gasteiger partial charge in [0.1, 0.15) is 0 Å². The highest BCUT2D eigenvalue weighted by atomic mass is 32.2. The number of hydrogen-bond donors (Lipinski definition) is 1. The van der Waals surface area contributed by atoms with Crippen LogP contribution in [0.15, 0.2) is 29.2 Å². The van der Waals surface area contributed by atoms with Crippen molar-refractivity contribution in [2.75, 3.05) is 11.4 Å². The SMILES string of the molecule is CC(=O)N1CCc2cc(S(=O)(=O)NCc3cc(C)n(C)c3C)ccc21. The minimum absolute atomic E-state index is 0.0256. The van der Waals surface area contributed by atoms with Gasteiger partial charge in [-0.05, 0) is 55.7 Å². The number of aryl methyl sites for hydroxylation is 1. The van der Waals surface area contributed by atoms with Crippen LogP contribution in [0.25, 0.3) is 0 Å². The molecule has 0 unspecified atom stereocenters. The van der Waals surface area contributed by atoms with Crippen LogP contribution in [-0.2, 0) is 34.8 Å². The highest BCUT2D eigenvalue weighted by molar-refractivity contribution is 7.89. The first-order valence-corrected chi connectivity index (χ1v) is 9.71. The van der Waals surface area contributed by atoms with Crippen LogP contribution in [0.2, 0.25) is 0 Å². The van der Waals surface area contributed by atoms with Crippen LogP contribution < -0.4 is 9.62 Å². The molecule has 2 heterocycles. The molecule has 2 aromatic rings. The van der Waals surface area contributed by atoms with Crippen molar-refractivity contribution < 1.29 is 13.2 Å². The molecule has 0 spiro atoms. The summed E-state index contributed by atoms with van der Waals surface area (Å²) in [5, 5.41) is 0. The molecule has 0 saturated heterocycles. The molecule has 1 N–H and O–H groups in total. The lowest BCUT2D eigenvalue weighted by molar-refractivity contribution is -0.116. The van der Waals surface area contributed by atoms with Gasteiger partial charge in [0.25, 0.3) is 0 Å². The monoisotopic (exact) mass is 361 g/mol. The number of amides is 1. The van der Waals surface area contributed by atoms with E-state index in [0.29, 0.717) is 13.0 Å². The average Bonchev–Trinajstić information content (AvgIpc) is 3.09. The molecule has 0 saturated carbocycles. The lowest BCUT2D eigenvalue weighted by atomic mass is 10.2. The van der Waals surface area contributed by atoms with E-state index in [2.05, 4.69) is 4.72 Å². The Labute approximate surface area is 148 Å². The van der Waals surface area contributed by atoms with Crippen LogP contribution in [0.4, 0.5) is 5.69 Å². The Balaban J connectivity index is 1.81. The fourth-order valence-electron chi connectivity index (χ4n) is 3.24. The van der Waals surface area contributed by atoms with Gasteiger partial charge in [0.15, 0.2) is 0 Å². The number of fused-ring (bicyclic) bond motifs is 1. The number of carbonyl (C=O) groups is 1. The van der Waals surface area contributed by atoms with Crippen LogP contribution >= 0.6 is 0 Å². The molecule has 0 bridgehead atoms. The van der Waals surface area contributed by atoms with Gasteiger partial charge in [0.05, 0.1) is 4.90 Å². The van der Waals surface area contributed by atoms with Gasteiger partial charge in [-0.3, -0.25) is 4.79 Å². The lowest BCUT2D eigenvalue weighted by Crippen LogP contribution is -2.26. The fourth-order valence-corrected chi connectivity index (χ4v) is 4.30. The molecule has 1 aliphatic heterocycles. The summed E-state index contributed by atoms with van der Waals surface area (Å²) in [6.07, 6.45) is 0.676. The molecule has 0 radical (unpaired) electrons. The normalized spacial score (nSPS) is 14.0. The van der Waals surface area contributed by atoms with Gasteiger partial charge in [-0.2, -0.15) is 0 Å². The van der Waals surface area contributed by atoms with E-state index in [4.69, 9.17) is 0 Å². The van der Waals surface area contributed by atoms with Crippen molar-refractivity contribution >= 4 is 21.6 Å². The molecule has 1 amide bonds. The molecule has 1 aromatic carbocycles. The highest BCUT2D eigenvalue weighted by Gasteiger charge is 2.24. The minimum Gasteiger partial charge on any atom is -0.352 e. The molecule has 6 nitrogen and oxygen atoms in total. The van der Waals surface area contributed by atoms with Gasteiger partial charge in [-0.25, -0.2) is 13.1 Å². The van der Waals surface area contributed by atoms with E-state index in [9.17, 15) is 13.2 Å². The summed E-state index contributed by atoms with van der Waals surface area (Å²) < 4.78 is 30.0. The summed E-state index contributed by atoms with van der Waals surface area (Å²) >= 11 is 0. The predicted octanol–water partition coefficient (Wildman–Crippen LogP) is 2.03. The smallest absolute Gasteiger partial charge is 0.240 e. The zero-order valence-electron chi connectivity index (χ0n) is 15.0. The molecule has 134 valence electrons. The van der Waals surface area contributed by atoms with Crippen LogP contribution in [0, 0.1) is 13.8 Å². The average molecular weight is 361 g/mol. The third kappa shape index (κ3) is 3.21. The number of rotatable bonds is 4. The molecule has 0 aliphatic carbocycles. The van der Waals surface area contributed by atoms with E-state index in [-0.39, 0.29) is 17.3 Å². The van der Waals surface area contributed by atoms with Crippen molar-refractivity contribution in [3.8, 4) is 0 Å². The molecule has 1 aromatic heterocycles. The molecule has 25 heavy (non-hydrogen) atoms. The van der Waals surface area contributed by atoms with E-state index in [1.165, 1.54) is 6.92 Å². The third-order valence-corrected chi connectivity index (χ3v) is 6.37. The Morgan fingerprint density at radius 3 is 2.56 bits per heavy atom. The van der Waals surface area contributed by atoms with Crippen molar-refractivity contribution in [2.45, 2.75) is 38.6 Å². The summed E-state index contributed by atoms with van der Waals surface area (Å²) in [6, 6.07) is 6.94. The largest absolute Gasteiger partial charge is 0.352 e. The van der Waals surface area contributed by atoms with Crippen LogP contribution in [0.5, 0.6) is 0 Å². The summed E-state index contributed by atoms with van der Waals surface area (Å²) in [5.74, 6) is -0.0256. The van der Waals surface area contributed by atoms with Crippen molar-refractivity contribution in [1.82, 2.24) is 9.29 Å². The Hall–Kier alpha value is -2.12. The molecule has 7 heteroatoms. The van der Waals surface area contributed by atoms with Gasteiger partial charge in [-0.15, -0.1) is 0 Å². The molecular weight excluding hydrogens is 338 g/mol. The topological polar surface area (TPSA) is 71.4 Å². The second kappa shape index (κ2) is 6.31. The first kappa shape index (κ1) is 17.7. The van der Waals surface area contributed by atoms with Crippen LogP contribution in [0.3, 0.4) is 0 Å². The quantitative estimate of drug-likeness (QED) is 0.906. The number of nitrogens with one attached hydrogen (secondary N) is 1. The molecule has 3 rings (SSSR count). The second-order valence-electron chi connectivity index (χ2n) is 6.49. The van der Waals surface area contributed by atoms with E-state index in [1.807, 2.05) is 31.5 Å². The van der Waals surface area contributed by atoms with Gasteiger partial charge >= 0.3 is 0 Å². The second-order valence-corrected chi connectivity index (χ2v) is 8.26. The molecule has 0 atom stereocenters.